The molecule has 1 nitrogen and oxygen atoms in total. The Labute approximate surface area is 83.0 Å². The van der Waals surface area contributed by atoms with Gasteiger partial charge in [-0.2, -0.15) is 0 Å². The number of hydrogen-bond acceptors (Lipinski definition) is 0. The third-order valence-corrected chi connectivity index (χ3v) is 1.23. The molecular formula is C7H6Cl3N. The van der Waals surface area contributed by atoms with Crippen LogP contribution in [-0.4, -0.2) is 0 Å². The molecule has 60 valence electrons. The first-order valence-electron chi connectivity index (χ1n) is 2.49. The molecular weight excluding hydrogens is 204 g/mol. The molecule has 0 aliphatic carbocycles. The average molecular weight is 210 g/mol. The highest BCUT2D eigenvalue weighted by atomic mass is 35.5. The second kappa shape index (κ2) is 6.30. The molecule has 0 aromatic heterocycles. The third-order valence-electron chi connectivity index (χ3n) is 0.976. The van der Waals surface area contributed by atoms with Gasteiger partial charge in [0.15, 0.2) is 0 Å². The van der Waals surface area contributed by atoms with E-state index in [1.165, 1.54) is 0 Å². The first-order valence-corrected chi connectivity index (χ1v) is 2.87. The topological polar surface area (TPSA) is 4.36 Å². The van der Waals surface area contributed by atoms with E-state index in [9.17, 15) is 0 Å². The molecule has 0 amide bonds. The quantitative estimate of drug-likeness (QED) is 0.582. The van der Waals surface area contributed by atoms with Crippen molar-refractivity contribution in [2.24, 2.45) is 0 Å². The molecule has 0 aliphatic rings. The highest BCUT2D eigenvalue weighted by Gasteiger charge is 1.95. The molecule has 1 rings (SSSR count). The van der Waals surface area contributed by atoms with Gasteiger partial charge in [-0.1, -0.05) is 11.6 Å². The highest BCUT2D eigenvalue weighted by molar-refractivity contribution is 6.30. The minimum atomic E-state index is 0. The molecule has 1 aromatic rings. The maximum atomic E-state index is 5.59. The van der Waals surface area contributed by atoms with Crippen molar-refractivity contribution in [1.82, 2.24) is 0 Å². The molecule has 4 heteroatoms. The van der Waals surface area contributed by atoms with Gasteiger partial charge in [0.1, 0.15) is 0 Å². The summed E-state index contributed by atoms with van der Waals surface area (Å²) in [7, 11) is 0. The van der Waals surface area contributed by atoms with Gasteiger partial charge in [-0.3, -0.25) is 0 Å². The molecule has 11 heavy (non-hydrogen) atoms. The van der Waals surface area contributed by atoms with Crippen LogP contribution in [0.2, 0.25) is 5.02 Å². The molecule has 0 saturated carbocycles. The second-order valence-electron chi connectivity index (χ2n) is 1.61. The minimum absolute atomic E-state index is 0. The molecule has 0 N–H and O–H groups in total. The summed E-state index contributed by atoms with van der Waals surface area (Å²) >= 11 is 5.59. The second-order valence-corrected chi connectivity index (χ2v) is 2.04. The number of benzene rings is 1. The van der Waals surface area contributed by atoms with Gasteiger partial charge in [-0.25, -0.2) is 0 Å². The fourth-order valence-electron chi connectivity index (χ4n) is 0.527. The van der Waals surface area contributed by atoms with Crippen molar-refractivity contribution in [2.45, 2.75) is 0 Å². The van der Waals surface area contributed by atoms with Gasteiger partial charge in [0.2, 0.25) is 0 Å². The van der Waals surface area contributed by atoms with Crippen LogP contribution in [0.1, 0.15) is 0 Å². The predicted molar refractivity (Wildman–Crippen MR) is 46.7 cm³/mol. The monoisotopic (exact) mass is 209 g/mol. The fraction of sp³-hybridized carbons (Fsp3) is 0. The predicted octanol–water partition coefficient (Wildman–Crippen LogP) is 0.360. The van der Waals surface area contributed by atoms with Gasteiger partial charge in [0.05, 0.1) is 0 Å². The van der Waals surface area contributed by atoms with Crippen molar-refractivity contribution < 1.29 is 12.4 Å². The molecule has 0 atom stereocenters. The lowest BCUT2D eigenvalue weighted by Gasteiger charge is -1.80. The lowest BCUT2D eigenvalue weighted by atomic mass is 10.3. The summed E-state index contributed by atoms with van der Waals surface area (Å²) in [6, 6.07) is 6.99. The zero-order chi connectivity index (χ0) is 6.69. The van der Waals surface area contributed by atoms with E-state index < -0.39 is 0 Å². The Hall–Kier alpha value is -0.420. The van der Waals surface area contributed by atoms with Crippen molar-refractivity contribution in [3.63, 3.8) is 0 Å². The molecule has 0 spiro atoms. The number of halogens is 3. The summed E-state index contributed by atoms with van der Waals surface area (Å²) in [5, 5.41) is 0.697. The fourth-order valence-corrected chi connectivity index (χ4v) is 0.653. The van der Waals surface area contributed by atoms with Crippen LogP contribution in [-0.2, 0) is 0 Å². The van der Waals surface area contributed by atoms with E-state index in [2.05, 4.69) is 4.85 Å². The molecule has 0 unspecified atom stereocenters. The average Bonchev–Trinajstić information content (AvgIpc) is 1.90. The molecule has 1 aromatic carbocycles. The lowest BCUT2D eigenvalue weighted by Crippen LogP contribution is -3.00. The van der Waals surface area contributed by atoms with Crippen molar-refractivity contribution >= 4 is 29.7 Å². The van der Waals surface area contributed by atoms with E-state index in [4.69, 9.17) is 18.2 Å². The number of hydrogen-bond donors (Lipinski definition) is 0. The maximum Gasteiger partial charge on any atom is 0.339 e. The van der Waals surface area contributed by atoms with Crippen molar-refractivity contribution in [3.05, 3.63) is 34.1 Å². The Morgan fingerprint density at radius 2 is 1.64 bits per heavy atom. The summed E-state index contributed by atoms with van der Waals surface area (Å²) in [4.78, 5) is 3.45. The van der Waals surface area contributed by atoms with E-state index in [-0.39, 0.29) is 24.8 Å². The summed E-state index contributed by atoms with van der Waals surface area (Å²) < 4.78 is 0. The summed E-state index contributed by atoms with van der Waals surface area (Å²) in [5.74, 6) is 0. The van der Waals surface area contributed by atoms with Crippen LogP contribution in [0, 0.1) is 6.57 Å². The number of rotatable bonds is 0. The largest absolute Gasteiger partial charge is 1.00 e. The van der Waals surface area contributed by atoms with E-state index in [1.54, 1.807) is 24.3 Å². The lowest BCUT2D eigenvalue weighted by molar-refractivity contribution is -0.00000188. The Morgan fingerprint density at radius 3 is 2.00 bits per heavy atom. The standard InChI is InChI=1S/C7H5ClN.2ClH/c1-9-7-4-2-6(8)3-5-7;;/h1-5H;2*1H/q+1;;/p-1. The Kier molecular flexibility index (Phi) is 7.55. The summed E-state index contributed by atoms with van der Waals surface area (Å²) in [6.07, 6.45) is 0. The first-order chi connectivity index (χ1) is 4.33. The minimum Gasteiger partial charge on any atom is -1.00 e. The Balaban J connectivity index is 0. The van der Waals surface area contributed by atoms with Gasteiger partial charge in [0, 0.05) is 17.2 Å². The molecule has 0 saturated heterocycles. The van der Waals surface area contributed by atoms with Gasteiger partial charge >= 0.3 is 5.69 Å². The van der Waals surface area contributed by atoms with Crippen LogP contribution < -0.4 is 12.4 Å². The Morgan fingerprint density at radius 1 is 1.18 bits per heavy atom. The van der Waals surface area contributed by atoms with E-state index in [0.717, 1.165) is 5.69 Å². The van der Waals surface area contributed by atoms with E-state index in [1.807, 2.05) is 0 Å². The van der Waals surface area contributed by atoms with Crippen LogP contribution in [0.15, 0.2) is 24.3 Å². The van der Waals surface area contributed by atoms with Crippen LogP contribution in [0.4, 0.5) is 5.69 Å². The van der Waals surface area contributed by atoms with Gasteiger partial charge in [-0.15, -0.1) is 12.4 Å². The van der Waals surface area contributed by atoms with Gasteiger partial charge in [0.25, 0.3) is 6.57 Å². The summed E-state index contributed by atoms with van der Waals surface area (Å²) in [5.41, 5.74) is 0.736. The van der Waals surface area contributed by atoms with Gasteiger partial charge in [-0.05, 0) is 17.0 Å². The normalized spacial score (nSPS) is 6.91. The van der Waals surface area contributed by atoms with Crippen molar-refractivity contribution in [2.75, 3.05) is 0 Å². The SMILES string of the molecule is C#[N+]c1ccc(Cl)cc1.Cl.[Cl-]. The zero-order valence-corrected chi connectivity index (χ0v) is 7.83. The van der Waals surface area contributed by atoms with E-state index in [0.29, 0.717) is 5.02 Å². The third kappa shape index (κ3) is 4.10. The molecule has 0 fully saturated rings. The maximum absolute atomic E-state index is 5.59. The Bertz CT molecular complexity index is 237. The molecule has 0 heterocycles. The van der Waals surface area contributed by atoms with Gasteiger partial charge < -0.3 is 12.4 Å². The molecule has 0 radical (unpaired) electrons. The molecule has 0 aliphatic heterocycles. The molecule has 0 bridgehead atoms. The highest BCUT2D eigenvalue weighted by Crippen LogP contribution is 2.15. The van der Waals surface area contributed by atoms with E-state index >= 15 is 0 Å². The smallest absolute Gasteiger partial charge is 0.339 e. The first kappa shape index (κ1) is 13.2. The van der Waals surface area contributed by atoms with Crippen LogP contribution >= 0.6 is 24.0 Å². The summed E-state index contributed by atoms with van der Waals surface area (Å²) in [6.45, 7) is 4.98. The van der Waals surface area contributed by atoms with Crippen molar-refractivity contribution in [3.8, 4) is 6.57 Å². The zero-order valence-electron chi connectivity index (χ0n) is 5.50. The van der Waals surface area contributed by atoms with Crippen LogP contribution in [0.3, 0.4) is 0 Å². The number of nitrogens with zero attached hydrogens (tertiary/aromatic N) is 1. The van der Waals surface area contributed by atoms with Crippen molar-refractivity contribution in [1.29, 1.82) is 0 Å². The van der Waals surface area contributed by atoms with Crippen LogP contribution in [0.5, 0.6) is 0 Å². The van der Waals surface area contributed by atoms with Crippen LogP contribution in [0.25, 0.3) is 4.85 Å².